The van der Waals surface area contributed by atoms with Crippen LogP contribution < -0.4 is 14.8 Å². The zero-order valence-electron chi connectivity index (χ0n) is 17.7. The summed E-state index contributed by atoms with van der Waals surface area (Å²) in [4.78, 5) is 34.0. The van der Waals surface area contributed by atoms with Gasteiger partial charge in [0, 0.05) is 32.7 Å². The maximum atomic E-state index is 12.8. The Morgan fingerprint density at radius 2 is 2.00 bits per heavy atom. The van der Waals surface area contributed by atoms with Crippen LogP contribution in [0.5, 0.6) is 11.5 Å². The number of aliphatic imine (C=N–C) groups is 1. The second-order valence-electron chi connectivity index (χ2n) is 7.85. The summed E-state index contributed by atoms with van der Waals surface area (Å²) in [5.41, 5.74) is 1.16. The van der Waals surface area contributed by atoms with E-state index in [-0.39, 0.29) is 6.79 Å². The third-order valence-corrected chi connectivity index (χ3v) is 5.90. The molecule has 3 aliphatic heterocycles. The number of rotatable bonds is 4. The smallest absolute Gasteiger partial charge is 0.320 e. The van der Waals surface area contributed by atoms with Gasteiger partial charge in [0.2, 0.25) is 18.7 Å². The number of amides is 1. The standard InChI is InChI=1S/C22H24N4O6/c1-29-21(28)18-19(16-3-2-10-30-16)23-22(24-20(18)27)26-8-6-25(7-9-26)12-14-4-5-15-17(11-14)32-13-31-15/h2-5,10-11,18-19H,6-9,12-13H2,1H3,(H,23,24,27). The first-order valence-electron chi connectivity index (χ1n) is 10.5. The van der Waals surface area contributed by atoms with E-state index in [1.165, 1.54) is 13.4 Å². The lowest BCUT2D eigenvalue weighted by molar-refractivity contribution is -0.151. The molecule has 10 nitrogen and oxygen atoms in total. The number of hydrogen-bond acceptors (Lipinski definition) is 9. The van der Waals surface area contributed by atoms with Crippen LogP contribution in [0, 0.1) is 5.92 Å². The number of ether oxygens (including phenoxy) is 3. The van der Waals surface area contributed by atoms with E-state index in [0.29, 0.717) is 24.8 Å². The fourth-order valence-corrected chi connectivity index (χ4v) is 4.20. The SMILES string of the molecule is COC(=O)C1C(=O)NC(N2CCN(Cc3ccc4c(c3)OCO4)CC2)=NC1c1ccco1. The molecule has 2 unspecified atom stereocenters. The quantitative estimate of drug-likeness (QED) is 0.558. The lowest BCUT2D eigenvalue weighted by atomic mass is 9.95. The number of fused-ring (bicyclic) bond motifs is 1. The van der Waals surface area contributed by atoms with Crippen LogP contribution in [-0.4, -0.2) is 67.7 Å². The van der Waals surface area contributed by atoms with Crippen LogP contribution in [0.2, 0.25) is 0 Å². The lowest BCUT2D eigenvalue weighted by Gasteiger charge is -2.38. The predicted octanol–water partition coefficient (Wildman–Crippen LogP) is 1.14. The molecule has 4 heterocycles. The first kappa shape index (κ1) is 20.4. The fourth-order valence-electron chi connectivity index (χ4n) is 4.20. The van der Waals surface area contributed by atoms with Gasteiger partial charge in [0.25, 0.3) is 0 Å². The maximum Gasteiger partial charge on any atom is 0.320 e. The van der Waals surface area contributed by atoms with Crippen molar-refractivity contribution in [3.8, 4) is 11.5 Å². The van der Waals surface area contributed by atoms with E-state index in [1.54, 1.807) is 12.1 Å². The Kier molecular flexibility index (Phi) is 5.44. The van der Waals surface area contributed by atoms with Gasteiger partial charge in [-0.3, -0.25) is 19.8 Å². The highest BCUT2D eigenvalue weighted by atomic mass is 16.7. The van der Waals surface area contributed by atoms with Crippen LogP contribution in [0.25, 0.3) is 0 Å². The van der Waals surface area contributed by atoms with Crippen LogP contribution in [0.1, 0.15) is 17.4 Å². The second kappa shape index (κ2) is 8.54. The van der Waals surface area contributed by atoms with E-state index >= 15 is 0 Å². The van der Waals surface area contributed by atoms with Gasteiger partial charge in [0.05, 0.1) is 13.4 Å². The Balaban J connectivity index is 1.26. The van der Waals surface area contributed by atoms with Gasteiger partial charge in [-0.15, -0.1) is 0 Å². The minimum atomic E-state index is -1.08. The molecule has 0 aliphatic carbocycles. The molecule has 1 saturated heterocycles. The maximum absolute atomic E-state index is 12.8. The number of guanidine groups is 1. The van der Waals surface area contributed by atoms with Crippen molar-refractivity contribution in [1.29, 1.82) is 0 Å². The highest BCUT2D eigenvalue weighted by Crippen LogP contribution is 2.33. The molecule has 168 valence electrons. The molecule has 1 aromatic heterocycles. The zero-order valence-corrected chi connectivity index (χ0v) is 17.7. The number of furan rings is 1. The number of esters is 1. The van der Waals surface area contributed by atoms with Crippen molar-refractivity contribution >= 4 is 17.8 Å². The van der Waals surface area contributed by atoms with Gasteiger partial charge in [-0.1, -0.05) is 6.07 Å². The summed E-state index contributed by atoms with van der Waals surface area (Å²) in [6.45, 7) is 4.04. The molecule has 2 atom stereocenters. The van der Waals surface area contributed by atoms with Crippen molar-refractivity contribution in [3.63, 3.8) is 0 Å². The molecule has 32 heavy (non-hydrogen) atoms. The van der Waals surface area contributed by atoms with Gasteiger partial charge in [-0.2, -0.15) is 0 Å². The highest BCUT2D eigenvalue weighted by Gasteiger charge is 2.43. The summed E-state index contributed by atoms with van der Waals surface area (Å²) in [5.74, 6) is 0.312. The molecule has 0 spiro atoms. The third-order valence-electron chi connectivity index (χ3n) is 5.90. The van der Waals surface area contributed by atoms with Crippen molar-refractivity contribution < 1.29 is 28.2 Å². The molecule has 1 amide bonds. The Morgan fingerprint density at radius 3 is 2.75 bits per heavy atom. The van der Waals surface area contributed by atoms with E-state index in [0.717, 1.165) is 36.7 Å². The molecule has 0 radical (unpaired) electrons. The molecule has 1 aromatic carbocycles. The Morgan fingerprint density at radius 1 is 1.19 bits per heavy atom. The van der Waals surface area contributed by atoms with Crippen molar-refractivity contribution in [2.24, 2.45) is 10.9 Å². The van der Waals surface area contributed by atoms with Crippen LogP contribution in [0.4, 0.5) is 0 Å². The first-order chi connectivity index (χ1) is 15.6. The molecular weight excluding hydrogens is 416 g/mol. The molecule has 3 aliphatic rings. The molecular formula is C22H24N4O6. The van der Waals surface area contributed by atoms with Crippen LogP contribution in [-0.2, 0) is 20.9 Å². The number of benzene rings is 1. The van der Waals surface area contributed by atoms with Crippen molar-refractivity contribution in [2.75, 3.05) is 40.1 Å². The van der Waals surface area contributed by atoms with Gasteiger partial charge in [-0.25, -0.2) is 4.99 Å². The van der Waals surface area contributed by atoms with Crippen molar-refractivity contribution in [3.05, 3.63) is 47.9 Å². The molecule has 0 bridgehead atoms. The van der Waals surface area contributed by atoms with E-state index in [2.05, 4.69) is 15.2 Å². The average molecular weight is 440 g/mol. The minimum absolute atomic E-state index is 0.265. The number of methoxy groups -OCH3 is 1. The summed E-state index contributed by atoms with van der Waals surface area (Å²) in [7, 11) is 1.26. The van der Waals surface area contributed by atoms with E-state index in [1.807, 2.05) is 23.1 Å². The monoisotopic (exact) mass is 440 g/mol. The third kappa shape index (κ3) is 3.89. The first-order valence-corrected chi connectivity index (χ1v) is 10.5. The number of carbonyl (C=O) groups excluding carboxylic acids is 2. The Bertz CT molecular complexity index is 1030. The lowest BCUT2D eigenvalue weighted by Crippen LogP contribution is -2.57. The molecule has 10 heteroatoms. The van der Waals surface area contributed by atoms with E-state index in [4.69, 9.17) is 18.6 Å². The normalized spacial score (nSPS) is 23.0. The van der Waals surface area contributed by atoms with Crippen LogP contribution >= 0.6 is 0 Å². The Labute approximate surface area is 184 Å². The largest absolute Gasteiger partial charge is 0.468 e. The number of nitrogens with zero attached hydrogens (tertiary/aromatic N) is 3. The molecule has 1 fully saturated rings. The number of hydrogen-bond donors (Lipinski definition) is 1. The van der Waals surface area contributed by atoms with E-state index in [9.17, 15) is 9.59 Å². The van der Waals surface area contributed by atoms with Gasteiger partial charge in [0.15, 0.2) is 17.4 Å². The summed E-state index contributed by atoms with van der Waals surface area (Å²) >= 11 is 0. The Hall–Kier alpha value is -3.53. The predicted molar refractivity (Wildman–Crippen MR) is 112 cm³/mol. The fraction of sp³-hybridized carbons (Fsp3) is 0.409. The molecule has 5 rings (SSSR count). The topological polar surface area (TPSA) is 106 Å². The van der Waals surface area contributed by atoms with Crippen molar-refractivity contribution in [2.45, 2.75) is 12.6 Å². The van der Waals surface area contributed by atoms with Gasteiger partial charge < -0.3 is 23.5 Å². The number of carbonyl (C=O) groups is 2. The molecule has 2 aromatic rings. The summed E-state index contributed by atoms with van der Waals surface area (Å²) in [6.07, 6.45) is 1.50. The average Bonchev–Trinajstić information content (AvgIpc) is 3.50. The second-order valence-corrected chi connectivity index (χ2v) is 7.85. The van der Waals surface area contributed by atoms with E-state index < -0.39 is 23.8 Å². The van der Waals surface area contributed by atoms with Gasteiger partial charge in [-0.05, 0) is 29.8 Å². The van der Waals surface area contributed by atoms with Crippen LogP contribution in [0.3, 0.4) is 0 Å². The van der Waals surface area contributed by atoms with Gasteiger partial charge in [0.1, 0.15) is 11.8 Å². The summed E-state index contributed by atoms with van der Waals surface area (Å²) in [6, 6.07) is 8.66. The van der Waals surface area contributed by atoms with Crippen LogP contribution in [0.15, 0.2) is 46.0 Å². The molecule has 1 N–H and O–H groups in total. The number of piperazine rings is 1. The zero-order chi connectivity index (χ0) is 22.1. The van der Waals surface area contributed by atoms with Crippen molar-refractivity contribution in [1.82, 2.24) is 15.1 Å². The summed E-state index contributed by atoms with van der Waals surface area (Å²) in [5, 5.41) is 2.78. The molecule has 0 saturated carbocycles. The summed E-state index contributed by atoms with van der Waals surface area (Å²) < 4.78 is 21.1. The minimum Gasteiger partial charge on any atom is -0.468 e. The highest BCUT2D eigenvalue weighted by molar-refractivity contribution is 6.08. The number of nitrogens with one attached hydrogen (secondary N) is 1. The van der Waals surface area contributed by atoms with Gasteiger partial charge >= 0.3 is 5.97 Å².